The lowest BCUT2D eigenvalue weighted by Gasteiger charge is -2.14. The van der Waals surface area contributed by atoms with Crippen LogP contribution in [-0.4, -0.2) is 10.5 Å². The van der Waals surface area contributed by atoms with Crippen LogP contribution in [0.2, 0.25) is 0 Å². The fraction of sp³-hybridized carbons (Fsp3) is 0.238. The molecular formula is C21H19BrN2O2. The summed E-state index contributed by atoms with van der Waals surface area (Å²) in [4.78, 5) is 25.9. The Labute approximate surface area is 160 Å². The van der Waals surface area contributed by atoms with E-state index in [9.17, 15) is 9.59 Å². The van der Waals surface area contributed by atoms with Gasteiger partial charge < -0.3 is 9.88 Å². The van der Waals surface area contributed by atoms with Crippen molar-refractivity contribution in [1.29, 1.82) is 0 Å². The number of amides is 1. The topological polar surface area (TPSA) is 51.1 Å². The number of anilines is 1. The molecule has 3 aromatic rings. The van der Waals surface area contributed by atoms with E-state index in [4.69, 9.17) is 0 Å². The van der Waals surface area contributed by atoms with Crippen LogP contribution in [0.15, 0.2) is 45.8 Å². The summed E-state index contributed by atoms with van der Waals surface area (Å²) in [7, 11) is 0. The predicted molar refractivity (Wildman–Crippen MR) is 108 cm³/mol. The Morgan fingerprint density at radius 3 is 2.77 bits per heavy atom. The summed E-state index contributed by atoms with van der Waals surface area (Å²) in [6.07, 6.45) is 2.57. The largest absolute Gasteiger partial charge is 0.343 e. The van der Waals surface area contributed by atoms with E-state index in [1.807, 2.05) is 38.1 Å². The van der Waals surface area contributed by atoms with Gasteiger partial charge in [-0.2, -0.15) is 0 Å². The summed E-state index contributed by atoms with van der Waals surface area (Å²) in [6.45, 7) is 6.01. The third-order valence-electron chi connectivity index (χ3n) is 5.05. The first kappa shape index (κ1) is 17.0. The Hall–Kier alpha value is -2.40. The second kappa shape index (κ2) is 6.09. The summed E-state index contributed by atoms with van der Waals surface area (Å²) >= 11 is 3.49. The molecule has 0 spiro atoms. The van der Waals surface area contributed by atoms with Crippen LogP contribution in [0.5, 0.6) is 0 Å². The van der Waals surface area contributed by atoms with E-state index >= 15 is 0 Å². The minimum Gasteiger partial charge on any atom is -0.343 e. The zero-order valence-corrected chi connectivity index (χ0v) is 16.5. The van der Waals surface area contributed by atoms with E-state index in [-0.39, 0.29) is 22.9 Å². The smallest absolute Gasteiger partial charge is 0.261 e. The molecule has 1 atom stereocenters. The Morgan fingerprint density at radius 2 is 2.00 bits per heavy atom. The monoisotopic (exact) mass is 410 g/mol. The number of nitrogens with one attached hydrogen (secondary N) is 1. The molecule has 1 amide bonds. The van der Waals surface area contributed by atoms with Gasteiger partial charge in [0.1, 0.15) is 5.56 Å². The first-order valence-electron chi connectivity index (χ1n) is 8.61. The van der Waals surface area contributed by atoms with E-state index in [0.29, 0.717) is 5.39 Å². The summed E-state index contributed by atoms with van der Waals surface area (Å²) < 4.78 is 2.92. The van der Waals surface area contributed by atoms with Gasteiger partial charge in [0.15, 0.2) is 0 Å². The molecule has 2 heterocycles. The number of hydrogen-bond acceptors (Lipinski definition) is 2. The highest BCUT2D eigenvalue weighted by atomic mass is 79.9. The number of benzene rings is 2. The molecule has 1 aromatic heterocycles. The number of pyridine rings is 1. The lowest BCUT2D eigenvalue weighted by molar-refractivity contribution is 0.102. The van der Waals surface area contributed by atoms with Crippen molar-refractivity contribution in [1.82, 2.24) is 4.57 Å². The van der Waals surface area contributed by atoms with Gasteiger partial charge in [0.25, 0.3) is 5.91 Å². The fourth-order valence-electron chi connectivity index (χ4n) is 3.68. The zero-order valence-electron chi connectivity index (χ0n) is 14.9. The van der Waals surface area contributed by atoms with Crippen molar-refractivity contribution in [3.05, 3.63) is 73.5 Å². The molecule has 5 heteroatoms. The van der Waals surface area contributed by atoms with Crippen LogP contribution in [0.25, 0.3) is 10.9 Å². The van der Waals surface area contributed by atoms with Gasteiger partial charge in [-0.1, -0.05) is 28.1 Å². The zero-order chi connectivity index (χ0) is 18.6. The summed E-state index contributed by atoms with van der Waals surface area (Å²) in [5.41, 5.74) is 4.79. The Balaban J connectivity index is 1.85. The second-order valence-corrected chi connectivity index (χ2v) is 7.98. The molecule has 0 aliphatic carbocycles. The van der Waals surface area contributed by atoms with E-state index in [1.54, 1.807) is 6.20 Å². The molecule has 1 aliphatic rings. The van der Waals surface area contributed by atoms with E-state index in [1.165, 1.54) is 0 Å². The van der Waals surface area contributed by atoms with E-state index < -0.39 is 0 Å². The van der Waals surface area contributed by atoms with Crippen molar-refractivity contribution < 1.29 is 4.79 Å². The number of halogens is 1. The lowest BCUT2D eigenvalue weighted by atomic mass is 10.1. The molecule has 0 bridgehead atoms. The highest BCUT2D eigenvalue weighted by Crippen LogP contribution is 2.33. The standard InChI is InChI=1S/C21H19BrN2O2/c1-11-4-5-12(2)18(6-11)23-21(26)17-10-24-13(3)7-14-8-15(22)9-16(19(14)24)20(17)25/h4-6,8-10,13H,7H2,1-3H3,(H,23,26)/t13-/m1/s1. The first-order chi connectivity index (χ1) is 12.3. The molecule has 0 fully saturated rings. The quantitative estimate of drug-likeness (QED) is 0.662. The van der Waals surface area contributed by atoms with Crippen LogP contribution in [0.4, 0.5) is 5.69 Å². The molecular weight excluding hydrogens is 392 g/mol. The lowest BCUT2D eigenvalue weighted by Crippen LogP contribution is -2.24. The average Bonchev–Trinajstić information content (AvgIpc) is 2.89. The number of aryl methyl sites for hydroxylation is 2. The van der Waals surface area contributed by atoms with Gasteiger partial charge in [-0.25, -0.2) is 0 Å². The summed E-state index contributed by atoms with van der Waals surface area (Å²) in [6, 6.07) is 9.96. The minimum atomic E-state index is -0.366. The maximum absolute atomic E-state index is 13.0. The maximum atomic E-state index is 13.0. The molecule has 0 radical (unpaired) electrons. The molecule has 0 saturated heterocycles. The van der Waals surface area contributed by atoms with Crippen molar-refractivity contribution in [3.8, 4) is 0 Å². The SMILES string of the molecule is Cc1ccc(C)c(NC(=O)c2cn3c4c(cc(Br)cc4c2=O)C[C@H]3C)c1. The van der Waals surface area contributed by atoms with Crippen LogP contribution < -0.4 is 10.7 Å². The number of nitrogens with zero attached hydrogens (tertiary/aromatic N) is 1. The van der Waals surface area contributed by atoms with Gasteiger partial charge in [0.05, 0.1) is 5.52 Å². The number of rotatable bonds is 2. The van der Waals surface area contributed by atoms with Crippen molar-refractivity contribution >= 4 is 38.4 Å². The Kier molecular flexibility index (Phi) is 3.99. The molecule has 1 N–H and O–H groups in total. The first-order valence-corrected chi connectivity index (χ1v) is 9.40. The number of hydrogen-bond donors (Lipinski definition) is 1. The number of carbonyl (C=O) groups excluding carboxylic acids is 1. The van der Waals surface area contributed by atoms with Crippen LogP contribution in [0.3, 0.4) is 0 Å². The third kappa shape index (κ3) is 2.67. The normalized spacial score (nSPS) is 15.5. The molecule has 4 nitrogen and oxygen atoms in total. The van der Waals surface area contributed by atoms with Crippen LogP contribution in [-0.2, 0) is 6.42 Å². The molecule has 4 rings (SSSR count). The van der Waals surface area contributed by atoms with Gasteiger partial charge in [-0.3, -0.25) is 9.59 Å². The molecule has 132 valence electrons. The fourth-order valence-corrected chi connectivity index (χ4v) is 4.19. The van der Waals surface area contributed by atoms with Gasteiger partial charge in [0, 0.05) is 27.8 Å². The molecule has 26 heavy (non-hydrogen) atoms. The van der Waals surface area contributed by atoms with Crippen molar-refractivity contribution in [2.75, 3.05) is 5.32 Å². The van der Waals surface area contributed by atoms with Crippen molar-refractivity contribution in [2.24, 2.45) is 0 Å². The minimum absolute atomic E-state index is 0.177. The second-order valence-electron chi connectivity index (χ2n) is 7.07. The van der Waals surface area contributed by atoms with E-state index in [0.717, 1.165) is 38.8 Å². The van der Waals surface area contributed by atoms with Crippen LogP contribution in [0, 0.1) is 13.8 Å². The van der Waals surface area contributed by atoms with Gasteiger partial charge in [0.2, 0.25) is 5.43 Å². The Morgan fingerprint density at radius 1 is 1.23 bits per heavy atom. The van der Waals surface area contributed by atoms with Gasteiger partial charge in [-0.05, 0) is 62.1 Å². The van der Waals surface area contributed by atoms with Crippen LogP contribution in [0.1, 0.15) is 40.0 Å². The average molecular weight is 411 g/mol. The van der Waals surface area contributed by atoms with Crippen LogP contribution >= 0.6 is 15.9 Å². The van der Waals surface area contributed by atoms with Crippen molar-refractivity contribution in [3.63, 3.8) is 0 Å². The maximum Gasteiger partial charge on any atom is 0.261 e. The van der Waals surface area contributed by atoms with E-state index in [2.05, 4.69) is 38.8 Å². The number of aromatic nitrogens is 1. The molecule has 0 saturated carbocycles. The van der Waals surface area contributed by atoms with Crippen molar-refractivity contribution in [2.45, 2.75) is 33.2 Å². The third-order valence-corrected chi connectivity index (χ3v) is 5.50. The summed E-state index contributed by atoms with van der Waals surface area (Å²) in [5, 5.41) is 3.50. The molecule has 0 unspecified atom stereocenters. The Bertz CT molecular complexity index is 1130. The number of carbonyl (C=O) groups is 1. The highest BCUT2D eigenvalue weighted by Gasteiger charge is 2.25. The predicted octanol–water partition coefficient (Wildman–Crippen LogP) is 4.75. The highest BCUT2D eigenvalue weighted by molar-refractivity contribution is 9.10. The van der Waals surface area contributed by atoms with Gasteiger partial charge >= 0.3 is 0 Å². The molecule has 1 aliphatic heterocycles. The molecule has 2 aromatic carbocycles. The van der Waals surface area contributed by atoms with Gasteiger partial charge in [-0.15, -0.1) is 0 Å². The summed E-state index contributed by atoms with van der Waals surface area (Å²) in [5.74, 6) is -0.366.